The number of nitrogens with one attached hydrogen (secondary N) is 1. The summed E-state index contributed by atoms with van der Waals surface area (Å²) in [5.74, 6) is 1.72. The summed E-state index contributed by atoms with van der Waals surface area (Å²) in [6.07, 6.45) is 16.8. The molecule has 1 amide bonds. The van der Waals surface area contributed by atoms with Crippen LogP contribution < -0.4 is 24.3 Å². The molecule has 0 aromatic heterocycles. The Morgan fingerprint density at radius 1 is 0.951 bits per heavy atom. The number of hydrogen-bond donors (Lipinski definition) is 2. The van der Waals surface area contributed by atoms with Gasteiger partial charge in [0.15, 0.2) is 29.8 Å². The first kappa shape index (κ1) is 45.1. The van der Waals surface area contributed by atoms with Gasteiger partial charge in [0.2, 0.25) is 12.7 Å². The van der Waals surface area contributed by atoms with E-state index in [9.17, 15) is 20.0 Å². The molecule has 61 heavy (non-hydrogen) atoms. The minimum Gasteiger partial charge on any atom is -0.507 e. The summed E-state index contributed by atoms with van der Waals surface area (Å²) in [7, 11) is 5.26. The van der Waals surface area contributed by atoms with Crippen LogP contribution in [0.25, 0.3) is 0 Å². The van der Waals surface area contributed by atoms with Gasteiger partial charge in [0.1, 0.15) is 24.4 Å². The number of ether oxygens (including phenoxy) is 6. The quantitative estimate of drug-likeness (QED) is 0.0793. The highest BCUT2D eigenvalue weighted by Crippen LogP contribution is 2.64. The highest BCUT2D eigenvalue weighted by molar-refractivity contribution is 7.99. The van der Waals surface area contributed by atoms with Crippen molar-refractivity contribution in [3.8, 4) is 34.8 Å². The van der Waals surface area contributed by atoms with Crippen LogP contribution in [0.3, 0.4) is 0 Å². The van der Waals surface area contributed by atoms with Gasteiger partial charge < -0.3 is 38.8 Å². The van der Waals surface area contributed by atoms with Crippen molar-refractivity contribution < 1.29 is 43.1 Å². The Morgan fingerprint density at radius 2 is 1.62 bits per heavy atom. The predicted octanol–water partition coefficient (Wildman–Crippen LogP) is 8.26. The Balaban J connectivity index is 1.15. The van der Waals surface area contributed by atoms with Crippen LogP contribution in [0.2, 0.25) is 0 Å². The number of nitriles is 1. The Bertz CT molecular complexity index is 1940. The minimum atomic E-state index is -0.907. The number of carbonyl (C=O) groups is 2. The molecule has 13 nitrogen and oxygen atoms in total. The summed E-state index contributed by atoms with van der Waals surface area (Å²) in [6.45, 7) is 5.93. The molecule has 7 atom stereocenters. The summed E-state index contributed by atoms with van der Waals surface area (Å²) in [5, 5.41) is 25.9. The maximum Gasteiger partial charge on any atom is 0.329 e. The number of amides is 1. The van der Waals surface area contributed by atoms with Gasteiger partial charge in [-0.3, -0.25) is 14.6 Å². The van der Waals surface area contributed by atoms with Crippen molar-refractivity contribution in [2.24, 2.45) is 0 Å². The molecule has 2 aromatic carbocycles. The summed E-state index contributed by atoms with van der Waals surface area (Å²) in [5.41, 5.74) is 4.81. The topological polar surface area (TPSA) is 152 Å². The van der Waals surface area contributed by atoms with Gasteiger partial charge in [-0.1, -0.05) is 90.0 Å². The fourth-order valence-corrected chi connectivity index (χ4v) is 12.1. The molecule has 6 heterocycles. The van der Waals surface area contributed by atoms with E-state index in [4.69, 9.17) is 28.4 Å². The normalized spacial score (nSPS) is 25.2. The Kier molecular flexibility index (Phi) is 15.2. The van der Waals surface area contributed by atoms with Gasteiger partial charge in [-0.15, -0.1) is 11.8 Å². The number of rotatable bonds is 19. The number of fused-ring (bicyclic) bond motifs is 10. The van der Waals surface area contributed by atoms with Crippen molar-refractivity contribution in [2.45, 2.75) is 159 Å². The first-order chi connectivity index (χ1) is 29.7. The summed E-state index contributed by atoms with van der Waals surface area (Å²) < 4.78 is 36.0. The van der Waals surface area contributed by atoms with Gasteiger partial charge >= 0.3 is 5.97 Å². The molecule has 2 N–H and O–H groups in total. The average molecular weight is 863 g/mol. The molecule has 334 valence electrons. The van der Waals surface area contributed by atoms with Crippen LogP contribution in [0.5, 0.6) is 28.7 Å². The van der Waals surface area contributed by atoms with Crippen molar-refractivity contribution in [1.29, 1.82) is 5.26 Å². The lowest BCUT2D eigenvalue weighted by atomic mass is 9.71. The lowest BCUT2D eigenvalue weighted by molar-refractivity contribution is -0.152. The van der Waals surface area contributed by atoms with Gasteiger partial charge in [-0.25, -0.2) is 4.79 Å². The van der Waals surface area contributed by atoms with Gasteiger partial charge in [0.25, 0.3) is 0 Å². The van der Waals surface area contributed by atoms with Crippen LogP contribution in [0, 0.1) is 25.2 Å². The Hall–Kier alpha value is -3.90. The van der Waals surface area contributed by atoms with Crippen LogP contribution in [0.4, 0.5) is 0 Å². The van der Waals surface area contributed by atoms with Crippen molar-refractivity contribution in [3.05, 3.63) is 39.4 Å². The Morgan fingerprint density at radius 3 is 2.28 bits per heavy atom. The molecule has 0 spiro atoms. The molecule has 0 radical (unpaired) electrons. The first-order valence-corrected chi connectivity index (χ1v) is 23.6. The molecule has 2 aromatic rings. The monoisotopic (exact) mass is 862 g/mol. The smallest absolute Gasteiger partial charge is 0.329 e. The second kappa shape index (κ2) is 20.5. The maximum absolute atomic E-state index is 14.0. The zero-order valence-electron chi connectivity index (χ0n) is 37.0. The molecule has 0 saturated carbocycles. The first-order valence-electron chi connectivity index (χ1n) is 22.6. The molecule has 8 rings (SSSR count). The molecule has 6 aliphatic heterocycles. The number of aromatic hydroxyl groups is 1. The number of unbranched alkanes of at least 4 members (excludes halogenated alkanes) is 12. The fraction of sp³-hybridized carbons (Fsp3) is 0.681. The van der Waals surface area contributed by atoms with Gasteiger partial charge in [-0.2, -0.15) is 5.26 Å². The number of phenolic OH excluding ortho intramolecular Hbond substituents is 1. The molecule has 4 bridgehead atoms. The number of hydrogen-bond acceptors (Lipinski definition) is 13. The molecule has 2 fully saturated rings. The molecule has 14 heteroatoms. The molecule has 2 saturated heterocycles. The van der Waals surface area contributed by atoms with Crippen LogP contribution in [0.1, 0.15) is 148 Å². The number of nitrogens with zero attached hydrogens (tertiary/aromatic N) is 3. The number of esters is 1. The Labute approximate surface area is 366 Å². The summed E-state index contributed by atoms with van der Waals surface area (Å²) >= 11 is 1.48. The second-order valence-corrected chi connectivity index (χ2v) is 18.6. The van der Waals surface area contributed by atoms with Crippen molar-refractivity contribution in [3.63, 3.8) is 0 Å². The third-order valence-corrected chi connectivity index (χ3v) is 15.0. The summed E-state index contributed by atoms with van der Waals surface area (Å²) in [6, 6.07) is 1.58. The number of likely N-dealkylation sites (N-methyl/N-ethyl adjacent to an activating group) is 1. The lowest BCUT2D eigenvalue weighted by Gasteiger charge is -2.61. The van der Waals surface area contributed by atoms with Gasteiger partial charge in [-0.05, 0) is 44.9 Å². The zero-order valence-corrected chi connectivity index (χ0v) is 37.8. The lowest BCUT2D eigenvalue weighted by Crippen LogP contribution is -2.69. The predicted molar refractivity (Wildman–Crippen MR) is 233 cm³/mol. The van der Waals surface area contributed by atoms with E-state index in [2.05, 4.69) is 41.2 Å². The van der Waals surface area contributed by atoms with Gasteiger partial charge in [0, 0.05) is 53.6 Å². The second-order valence-electron chi connectivity index (χ2n) is 17.5. The molecular weight excluding hydrogens is 797 g/mol. The van der Waals surface area contributed by atoms with E-state index in [0.717, 1.165) is 36.0 Å². The van der Waals surface area contributed by atoms with E-state index in [1.54, 1.807) is 14.2 Å². The van der Waals surface area contributed by atoms with Crippen LogP contribution in [-0.2, 0) is 25.5 Å². The highest BCUT2D eigenvalue weighted by atomic mass is 32.2. The largest absolute Gasteiger partial charge is 0.507 e. The number of piperazine rings is 1. The SMILES string of the molecule is CCCCCCCCCCCCCCCC(=O)N[C@H]1CS[C@@H]2c3c(O)c(C)c4c(c3[C@H](COC1=O)N1C2[C@H]2c3c(cc(C)c(OC)c3OCOC)C[C@@H]([C@@H]1C#N)N2C)OCO4. The van der Waals surface area contributed by atoms with Crippen LogP contribution in [-0.4, -0.2) is 98.2 Å². The number of benzene rings is 2. The van der Waals surface area contributed by atoms with Crippen LogP contribution >= 0.6 is 11.8 Å². The van der Waals surface area contributed by atoms with Crippen molar-refractivity contribution >= 4 is 23.6 Å². The fourth-order valence-electron chi connectivity index (χ4n) is 10.6. The zero-order chi connectivity index (χ0) is 43.2. The van der Waals surface area contributed by atoms with Crippen LogP contribution in [0.15, 0.2) is 6.07 Å². The molecule has 6 aliphatic rings. The number of methoxy groups -OCH3 is 2. The number of thioether (sulfide) groups is 1. The van der Waals surface area contributed by atoms with E-state index in [1.165, 1.54) is 76.0 Å². The van der Waals surface area contributed by atoms with E-state index in [-0.39, 0.29) is 49.7 Å². The molecular formula is C47H66N4O9S. The van der Waals surface area contributed by atoms with E-state index < -0.39 is 35.4 Å². The standard InChI is InChI=1S/C47H66N4O9S/c1-7-8-9-10-11-12-13-14-15-16-17-18-19-20-35(52)49-31-25-61-46-38-37(45-43(59-27-60-45)29(3)41(38)53)34(24-57-47(31)54)51-33(23-48)32-22-30-21-28(2)42(56-6)44(58-26-55-5)36(30)39(40(46)51)50(32)4/h21,31-34,39-40,46,53H,7-20,22,24-27H2,1-6H3,(H,49,52)/t31-,32-,33-,34-,39+,40?,46+/m0/s1. The van der Waals surface area contributed by atoms with Gasteiger partial charge in [0.05, 0.1) is 30.5 Å². The van der Waals surface area contributed by atoms with Crippen molar-refractivity contribution in [1.82, 2.24) is 15.1 Å². The van der Waals surface area contributed by atoms with E-state index in [1.807, 2.05) is 13.8 Å². The molecule has 0 aliphatic carbocycles. The number of aryl methyl sites for hydroxylation is 1. The average Bonchev–Trinajstić information content (AvgIpc) is 3.74. The minimum absolute atomic E-state index is 0.00501. The summed E-state index contributed by atoms with van der Waals surface area (Å²) in [4.78, 5) is 31.9. The number of phenols is 1. The molecule has 1 unspecified atom stereocenters. The third-order valence-electron chi connectivity index (χ3n) is 13.6. The van der Waals surface area contributed by atoms with Crippen molar-refractivity contribution in [2.75, 3.05) is 47.2 Å². The van der Waals surface area contributed by atoms with E-state index in [0.29, 0.717) is 52.5 Å². The maximum atomic E-state index is 14.0. The third kappa shape index (κ3) is 9.00. The van der Waals surface area contributed by atoms with E-state index >= 15 is 0 Å². The highest BCUT2D eigenvalue weighted by Gasteiger charge is 2.60. The number of carbonyl (C=O) groups excluding carboxylic acids is 2.